The Morgan fingerprint density at radius 3 is 1.56 bits per heavy atom. The quantitative estimate of drug-likeness (QED) is 0.0583. The van der Waals surface area contributed by atoms with Gasteiger partial charge in [-0.15, -0.1) is 0 Å². The minimum Gasteiger partial charge on any atom is -0.481 e. The molecule has 16 heteroatoms. The first-order valence-corrected chi connectivity index (χ1v) is 21.1. The number of carbonyl (C=O) groups is 7. The molecule has 16 nitrogen and oxygen atoms in total. The van der Waals surface area contributed by atoms with Gasteiger partial charge in [-0.05, 0) is 75.8 Å². The molecule has 0 radical (unpaired) electrons. The van der Waals surface area contributed by atoms with Crippen molar-refractivity contribution < 1.29 is 38.7 Å². The predicted octanol–water partition coefficient (Wildman–Crippen LogP) is 1.99. The van der Waals surface area contributed by atoms with E-state index < -0.39 is 89.5 Å². The van der Waals surface area contributed by atoms with E-state index in [1.807, 2.05) is 58.0 Å². The number of nitrogens with two attached hydrogens (primary N) is 2. The summed E-state index contributed by atoms with van der Waals surface area (Å²) in [4.78, 5) is 92.2. The molecule has 0 heterocycles. The number of carboxylic acid groups (broad SMARTS) is 1. The molecular weight excluding hydrogens is 757 g/mol. The molecule has 0 aliphatic heterocycles. The van der Waals surface area contributed by atoms with Gasteiger partial charge in [0.05, 0.1) is 24.2 Å². The predicted molar refractivity (Wildman–Crippen MR) is 228 cm³/mol. The Bertz CT molecular complexity index is 1510. The highest BCUT2D eigenvalue weighted by Gasteiger charge is 2.34. The fourth-order valence-electron chi connectivity index (χ4n) is 6.49. The second-order valence-electron chi connectivity index (χ2n) is 17.0. The van der Waals surface area contributed by atoms with E-state index >= 15 is 0 Å². The zero-order valence-corrected chi connectivity index (χ0v) is 36.9. The summed E-state index contributed by atoms with van der Waals surface area (Å²) in [7, 11) is 0. The third kappa shape index (κ3) is 18.9. The second kappa shape index (κ2) is 26.5. The van der Waals surface area contributed by atoms with Crippen LogP contribution in [0.4, 0.5) is 0 Å². The Kier molecular flexibility index (Phi) is 23.6. The van der Waals surface area contributed by atoms with Gasteiger partial charge in [0.2, 0.25) is 35.4 Å². The van der Waals surface area contributed by atoms with Crippen LogP contribution < -0.4 is 43.4 Å². The van der Waals surface area contributed by atoms with E-state index in [0.29, 0.717) is 32.2 Å². The average molecular weight is 831 g/mol. The van der Waals surface area contributed by atoms with Crippen LogP contribution in [-0.2, 0) is 40.0 Å². The fourth-order valence-corrected chi connectivity index (χ4v) is 6.49. The lowest BCUT2D eigenvalue weighted by molar-refractivity contribution is -0.138. The molecule has 1 rings (SSSR count). The Balaban J connectivity index is 3.00. The van der Waals surface area contributed by atoms with E-state index in [2.05, 4.69) is 31.9 Å². The summed E-state index contributed by atoms with van der Waals surface area (Å²) in [6.07, 6.45) is 1.98. The highest BCUT2D eigenvalue weighted by molar-refractivity contribution is 5.92. The molecule has 6 amide bonds. The van der Waals surface area contributed by atoms with Crippen LogP contribution in [-0.4, -0.2) is 95.9 Å². The number of nitrogens with one attached hydrogen (secondary N) is 6. The lowest BCUT2D eigenvalue weighted by atomic mass is 9.94. The average Bonchev–Trinajstić information content (AvgIpc) is 3.16. The summed E-state index contributed by atoms with van der Waals surface area (Å²) >= 11 is 0. The van der Waals surface area contributed by atoms with Gasteiger partial charge in [0.15, 0.2) is 0 Å². The Morgan fingerprint density at radius 2 is 1.08 bits per heavy atom. The SMILES string of the molecule is CC(C)C[C@@H](CN)C(=O)N[C@H](C(=O)N[C@@H](C)[C@H](C)C(=O)N[C@@H](CCCCN)C(=O)N[C@@H](C)[C@H](C)C(=O)N[C@H](C(=O)N[C@H](CC(=O)O)Cc1ccccc1)C(C)C)C(C)C. The molecule has 0 bridgehead atoms. The monoisotopic (exact) mass is 831 g/mol. The van der Waals surface area contributed by atoms with Gasteiger partial charge in [0.1, 0.15) is 18.1 Å². The van der Waals surface area contributed by atoms with E-state index in [0.717, 1.165) is 5.56 Å². The minimum absolute atomic E-state index is 0.153. The number of unbranched alkanes of at least 4 members (excludes halogenated alkanes) is 1. The number of carbonyl (C=O) groups excluding carboxylic acids is 6. The van der Waals surface area contributed by atoms with E-state index in [1.54, 1.807) is 41.5 Å². The van der Waals surface area contributed by atoms with Crippen LogP contribution in [0.5, 0.6) is 0 Å². The van der Waals surface area contributed by atoms with Crippen LogP contribution in [0.2, 0.25) is 0 Å². The summed E-state index contributed by atoms with van der Waals surface area (Å²) in [5, 5.41) is 26.4. The Labute approximate surface area is 351 Å². The van der Waals surface area contributed by atoms with Crippen LogP contribution in [0.25, 0.3) is 0 Å². The third-order valence-corrected chi connectivity index (χ3v) is 10.6. The van der Waals surface area contributed by atoms with Crippen molar-refractivity contribution in [1.82, 2.24) is 31.9 Å². The zero-order valence-electron chi connectivity index (χ0n) is 36.9. The lowest BCUT2D eigenvalue weighted by Crippen LogP contribution is -2.57. The molecule has 0 saturated carbocycles. The number of amides is 6. The molecule has 11 N–H and O–H groups in total. The molecular formula is C43H74N8O8. The van der Waals surface area contributed by atoms with E-state index in [1.165, 1.54) is 0 Å². The summed E-state index contributed by atoms with van der Waals surface area (Å²) in [6, 6.07) is 4.28. The van der Waals surface area contributed by atoms with Crippen molar-refractivity contribution in [2.75, 3.05) is 13.1 Å². The molecule has 0 saturated heterocycles. The molecule has 0 unspecified atom stereocenters. The van der Waals surface area contributed by atoms with Crippen molar-refractivity contribution in [3.63, 3.8) is 0 Å². The maximum absolute atomic E-state index is 13.7. The van der Waals surface area contributed by atoms with Gasteiger partial charge in [0, 0.05) is 24.7 Å². The highest BCUT2D eigenvalue weighted by atomic mass is 16.4. The molecule has 1 aromatic carbocycles. The molecule has 0 aliphatic carbocycles. The standard InChI is InChI=1S/C43H74N8O8/c1-24(2)20-32(23-45)40(56)51-36(25(3)4)42(58)47-30(10)27(7)38(54)49-34(18-14-15-19-44)41(57)46-29(9)28(8)39(55)50-37(26(5)6)43(59)48-33(22-35(52)53)21-31-16-12-11-13-17-31/h11-13,16-17,24-30,32-34,36-37H,14-15,18-23,44-45H2,1-10H3,(H,46,57)(H,47,58)(H,48,59)(H,49,54)(H,50,55)(H,51,56)(H,52,53)/t27-,28-,29-,30-,32-,33-,34-,36-,37-/m0/s1. The van der Waals surface area contributed by atoms with Crippen molar-refractivity contribution in [2.45, 2.75) is 144 Å². The summed E-state index contributed by atoms with van der Waals surface area (Å²) in [6.45, 7) is 18.2. The van der Waals surface area contributed by atoms with Crippen LogP contribution in [0.3, 0.4) is 0 Å². The van der Waals surface area contributed by atoms with Gasteiger partial charge in [-0.3, -0.25) is 33.6 Å². The topological polar surface area (TPSA) is 264 Å². The number of rotatable bonds is 27. The number of benzene rings is 1. The zero-order chi connectivity index (χ0) is 45.0. The normalized spacial score (nSPS) is 16.1. The van der Waals surface area contributed by atoms with Gasteiger partial charge >= 0.3 is 5.97 Å². The van der Waals surface area contributed by atoms with E-state index in [4.69, 9.17) is 11.5 Å². The molecule has 334 valence electrons. The summed E-state index contributed by atoms with van der Waals surface area (Å²) in [5.41, 5.74) is 12.4. The molecule has 1 aromatic rings. The van der Waals surface area contributed by atoms with Gasteiger partial charge in [-0.1, -0.05) is 85.7 Å². The molecule has 0 aliphatic rings. The van der Waals surface area contributed by atoms with Crippen molar-refractivity contribution in [3.8, 4) is 0 Å². The molecule has 0 aromatic heterocycles. The molecule has 9 atom stereocenters. The first kappa shape index (κ1) is 52.4. The number of hydrogen-bond donors (Lipinski definition) is 9. The number of hydrogen-bond acceptors (Lipinski definition) is 9. The lowest BCUT2D eigenvalue weighted by Gasteiger charge is -2.30. The van der Waals surface area contributed by atoms with Gasteiger partial charge < -0.3 is 48.5 Å². The Hall–Kier alpha value is -4.57. The van der Waals surface area contributed by atoms with Crippen LogP contribution in [0.15, 0.2) is 30.3 Å². The molecule has 0 spiro atoms. The maximum Gasteiger partial charge on any atom is 0.305 e. The van der Waals surface area contributed by atoms with Crippen molar-refractivity contribution in [2.24, 2.45) is 47.0 Å². The smallest absolute Gasteiger partial charge is 0.305 e. The summed E-state index contributed by atoms with van der Waals surface area (Å²) < 4.78 is 0. The van der Waals surface area contributed by atoms with Crippen molar-refractivity contribution in [3.05, 3.63) is 35.9 Å². The minimum atomic E-state index is -1.07. The first-order chi connectivity index (χ1) is 27.6. The number of aliphatic carboxylic acids is 1. The largest absolute Gasteiger partial charge is 0.481 e. The van der Waals surface area contributed by atoms with Gasteiger partial charge in [-0.25, -0.2) is 0 Å². The second-order valence-corrected chi connectivity index (χ2v) is 17.0. The van der Waals surface area contributed by atoms with Crippen molar-refractivity contribution in [1.29, 1.82) is 0 Å². The van der Waals surface area contributed by atoms with Crippen LogP contribution in [0.1, 0.15) is 107 Å². The third-order valence-electron chi connectivity index (χ3n) is 10.6. The number of carboxylic acids is 1. The maximum atomic E-state index is 13.7. The Morgan fingerprint density at radius 1 is 0.593 bits per heavy atom. The van der Waals surface area contributed by atoms with Crippen molar-refractivity contribution >= 4 is 41.4 Å². The van der Waals surface area contributed by atoms with Gasteiger partial charge in [-0.2, -0.15) is 0 Å². The molecule has 0 fully saturated rings. The highest BCUT2D eigenvalue weighted by Crippen LogP contribution is 2.15. The van der Waals surface area contributed by atoms with Crippen LogP contribution in [0, 0.1) is 35.5 Å². The first-order valence-electron chi connectivity index (χ1n) is 21.1. The van der Waals surface area contributed by atoms with E-state index in [9.17, 15) is 38.7 Å². The van der Waals surface area contributed by atoms with Crippen LogP contribution >= 0.6 is 0 Å². The molecule has 59 heavy (non-hydrogen) atoms. The van der Waals surface area contributed by atoms with E-state index in [-0.39, 0.29) is 43.0 Å². The fraction of sp³-hybridized carbons (Fsp3) is 0.698. The van der Waals surface area contributed by atoms with Gasteiger partial charge in [0.25, 0.3) is 0 Å². The summed E-state index contributed by atoms with van der Waals surface area (Å²) in [5.74, 6) is -6.18.